The van der Waals surface area contributed by atoms with E-state index in [2.05, 4.69) is 9.88 Å². The van der Waals surface area contributed by atoms with E-state index < -0.39 is 5.76 Å². The van der Waals surface area contributed by atoms with Crippen molar-refractivity contribution < 1.29 is 18.3 Å². The Morgan fingerprint density at radius 2 is 2.00 bits per heavy atom. The van der Waals surface area contributed by atoms with E-state index in [0.717, 1.165) is 26.1 Å². The first-order chi connectivity index (χ1) is 16.1. The van der Waals surface area contributed by atoms with Crippen molar-refractivity contribution in [2.45, 2.75) is 13.0 Å². The third-order valence-corrected chi connectivity index (χ3v) is 6.74. The van der Waals surface area contributed by atoms with Crippen molar-refractivity contribution >= 4 is 43.7 Å². The predicted octanol–water partition coefficient (Wildman–Crippen LogP) is 3.10. The van der Waals surface area contributed by atoms with E-state index >= 15 is 0 Å². The van der Waals surface area contributed by atoms with Crippen molar-refractivity contribution in [2.24, 2.45) is 0 Å². The predicted molar refractivity (Wildman–Crippen MR) is 124 cm³/mol. The van der Waals surface area contributed by atoms with Gasteiger partial charge in [-0.25, -0.2) is 14.2 Å². The Hall–Kier alpha value is -3.08. The molecule has 8 nitrogen and oxygen atoms in total. The minimum atomic E-state index is -0.579. The summed E-state index contributed by atoms with van der Waals surface area (Å²) < 4.78 is 26.4. The molecule has 0 N–H and O–H groups in total. The molecule has 1 amide bonds. The summed E-state index contributed by atoms with van der Waals surface area (Å²) in [4.78, 5) is 34.3. The Kier molecular flexibility index (Phi) is 6.21. The van der Waals surface area contributed by atoms with Gasteiger partial charge in [-0.05, 0) is 36.8 Å². The molecule has 1 aliphatic rings. The molecule has 0 radical (unpaired) electrons. The topological polar surface area (TPSA) is 80.8 Å². The second kappa shape index (κ2) is 9.42. The summed E-state index contributed by atoms with van der Waals surface area (Å²) in [7, 11) is 0. The summed E-state index contributed by atoms with van der Waals surface area (Å²) in [5.41, 5.74) is 1.63. The van der Waals surface area contributed by atoms with Gasteiger partial charge in [0.1, 0.15) is 12.4 Å². The molecule has 172 valence electrons. The third kappa shape index (κ3) is 4.68. The van der Waals surface area contributed by atoms with Gasteiger partial charge in [0.25, 0.3) is 0 Å². The number of carbonyl (C=O) groups is 1. The molecular weight excluding hydrogens is 447 g/mol. The van der Waals surface area contributed by atoms with Crippen LogP contribution in [0.15, 0.2) is 51.7 Å². The molecule has 1 saturated heterocycles. The average Bonchev–Trinajstić information content (AvgIpc) is 3.37. The molecule has 2 aromatic carbocycles. The molecule has 10 heteroatoms. The quantitative estimate of drug-likeness (QED) is 0.413. The lowest BCUT2D eigenvalue weighted by molar-refractivity contribution is -0.119. The molecule has 3 heterocycles. The lowest BCUT2D eigenvalue weighted by Crippen LogP contribution is -2.40. The molecule has 4 aromatic rings. The number of thiazole rings is 1. The first-order valence-electron chi connectivity index (χ1n) is 10.8. The van der Waals surface area contributed by atoms with Crippen LogP contribution in [0.1, 0.15) is 6.42 Å². The molecule has 1 fully saturated rings. The van der Waals surface area contributed by atoms with Gasteiger partial charge in [-0.3, -0.25) is 19.2 Å². The van der Waals surface area contributed by atoms with Crippen LogP contribution < -0.4 is 10.7 Å². The molecule has 0 bridgehead atoms. The molecule has 0 aliphatic carbocycles. The van der Waals surface area contributed by atoms with Gasteiger partial charge in [0.15, 0.2) is 10.7 Å². The number of halogens is 1. The van der Waals surface area contributed by atoms with Crippen LogP contribution >= 0.6 is 11.3 Å². The zero-order valence-electron chi connectivity index (χ0n) is 17.9. The molecule has 5 rings (SSSR count). The number of amides is 1. The number of ether oxygens (including phenoxy) is 1. The Labute approximate surface area is 192 Å². The lowest BCUT2D eigenvalue weighted by Gasteiger charge is -2.27. The SMILES string of the molecule is O=C(Cn1c(=O)oc2ccccc21)N(CCCN1CCOCC1)c1nc2ccc(F)cc2s1. The van der Waals surface area contributed by atoms with Crippen LogP contribution in [-0.4, -0.2) is 59.8 Å². The number of carbonyl (C=O) groups excluding carboxylic acids is 1. The normalized spacial score (nSPS) is 14.8. The summed E-state index contributed by atoms with van der Waals surface area (Å²) in [6.07, 6.45) is 0.733. The van der Waals surface area contributed by atoms with Crippen LogP contribution in [0.3, 0.4) is 0 Å². The van der Waals surface area contributed by atoms with E-state index in [0.29, 0.717) is 46.2 Å². The highest BCUT2D eigenvalue weighted by Gasteiger charge is 2.23. The van der Waals surface area contributed by atoms with Crippen molar-refractivity contribution in [3.8, 4) is 0 Å². The molecule has 0 unspecified atom stereocenters. The minimum absolute atomic E-state index is 0.169. The maximum atomic E-state index is 13.7. The van der Waals surface area contributed by atoms with Gasteiger partial charge in [0.05, 0.1) is 28.9 Å². The summed E-state index contributed by atoms with van der Waals surface area (Å²) in [6, 6.07) is 11.4. The van der Waals surface area contributed by atoms with Crippen LogP contribution in [0.2, 0.25) is 0 Å². The maximum Gasteiger partial charge on any atom is 0.420 e. The lowest BCUT2D eigenvalue weighted by atomic mass is 10.3. The number of aromatic nitrogens is 2. The Morgan fingerprint density at radius 3 is 2.85 bits per heavy atom. The monoisotopic (exact) mass is 470 g/mol. The fraction of sp³-hybridized carbons (Fsp3) is 0.348. The fourth-order valence-corrected chi connectivity index (χ4v) is 5.02. The zero-order chi connectivity index (χ0) is 22.8. The van der Waals surface area contributed by atoms with Crippen molar-refractivity contribution in [1.29, 1.82) is 0 Å². The molecular formula is C23H23FN4O4S. The van der Waals surface area contributed by atoms with E-state index in [1.807, 2.05) is 0 Å². The first-order valence-corrected chi connectivity index (χ1v) is 11.6. The van der Waals surface area contributed by atoms with E-state index in [1.54, 1.807) is 35.2 Å². The van der Waals surface area contributed by atoms with E-state index in [4.69, 9.17) is 9.15 Å². The number of rotatable bonds is 7. The molecule has 1 aliphatic heterocycles. The van der Waals surface area contributed by atoms with Gasteiger partial charge in [0, 0.05) is 26.2 Å². The number of fused-ring (bicyclic) bond motifs is 2. The number of para-hydroxylation sites is 2. The number of nitrogens with zero attached hydrogens (tertiary/aromatic N) is 4. The molecule has 0 atom stereocenters. The van der Waals surface area contributed by atoms with Crippen LogP contribution in [0.5, 0.6) is 0 Å². The summed E-state index contributed by atoms with van der Waals surface area (Å²) in [6.45, 7) is 4.24. The highest BCUT2D eigenvalue weighted by molar-refractivity contribution is 7.22. The summed E-state index contributed by atoms with van der Waals surface area (Å²) in [5, 5.41) is 0.489. The number of oxazole rings is 1. The zero-order valence-corrected chi connectivity index (χ0v) is 18.7. The maximum absolute atomic E-state index is 13.7. The standard InChI is InChI=1S/C23H23FN4O4S/c24-16-6-7-17-20(14-16)33-22(25-17)27(9-3-8-26-10-12-31-13-11-26)21(29)15-28-18-4-1-2-5-19(18)32-23(28)30/h1-2,4-7,14H,3,8-13,15H2. The molecule has 0 spiro atoms. The Balaban J connectivity index is 1.40. The molecule has 2 aromatic heterocycles. The van der Waals surface area contributed by atoms with E-state index in [1.165, 1.54) is 28.0 Å². The number of hydrogen-bond acceptors (Lipinski definition) is 7. The fourth-order valence-electron chi connectivity index (χ4n) is 3.99. The average molecular weight is 471 g/mol. The van der Waals surface area contributed by atoms with Gasteiger partial charge >= 0.3 is 5.76 Å². The second-order valence-electron chi connectivity index (χ2n) is 7.88. The summed E-state index contributed by atoms with van der Waals surface area (Å²) >= 11 is 1.26. The molecule has 33 heavy (non-hydrogen) atoms. The van der Waals surface area contributed by atoms with E-state index in [9.17, 15) is 14.0 Å². The van der Waals surface area contributed by atoms with E-state index in [-0.39, 0.29) is 18.3 Å². The number of hydrogen-bond donors (Lipinski definition) is 0. The molecule has 0 saturated carbocycles. The smallest absolute Gasteiger partial charge is 0.408 e. The minimum Gasteiger partial charge on any atom is -0.408 e. The van der Waals surface area contributed by atoms with Crippen LogP contribution in [-0.2, 0) is 16.1 Å². The van der Waals surface area contributed by atoms with Crippen molar-refractivity contribution in [2.75, 3.05) is 44.3 Å². The van der Waals surface area contributed by atoms with Gasteiger partial charge in [-0.1, -0.05) is 23.5 Å². The first kappa shape index (κ1) is 21.7. The number of anilines is 1. The van der Waals surface area contributed by atoms with Crippen molar-refractivity contribution in [3.63, 3.8) is 0 Å². The highest BCUT2D eigenvalue weighted by Crippen LogP contribution is 2.30. The van der Waals surface area contributed by atoms with Crippen LogP contribution in [0.4, 0.5) is 9.52 Å². The van der Waals surface area contributed by atoms with Crippen LogP contribution in [0.25, 0.3) is 21.3 Å². The number of morpholine rings is 1. The van der Waals surface area contributed by atoms with Crippen LogP contribution in [0, 0.1) is 5.82 Å². The third-order valence-electron chi connectivity index (χ3n) is 5.70. The largest absolute Gasteiger partial charge is 0.420 e. The Bertz CT molecular complexity index is 1340. The highest BCUT2D eigenvalue weighted by atomic mass is 32.1. The van der Waals surface area contributed by atoms with Gasteiger partial charge < -0.3 is 9.15 Å². The number of benzene rings is 2. The summed E-state index contributed by atoms with van der Waals surface area (Å²) in [5.74, 6) is -1.20. The van der Waals surface area contributed by atoms with Gasteiger partial charge in [-0.2, -0.15) is 0 Å². The van der Waals surface area contributed by atoms with Crippen molar-refractivity contribution in [1.82, 2.24) is 14.5 Å². The van der Waals surface area contributed by atoms with Gasteiger partial charge in [-0.15, -0.1) is 0 Å². The second-order valence-corrected chi connectivity index (χ2v) is 8.89. The Morgan fingerprint density at radius 1 is 1.18 bits per heavy atom. The van der Waals surface area contributed by atoms with Crippen molar-refractivity contribution in [3.05, 3.63) is 58.8 Å². The van der Waals surface area contributed by atoms with Gasteiger partial charge in [0.2, 0.25) is 5.91 Å².